The number of nitrogens with zero attached hydrogens (tertiary/aromatic N) is 6. The first-order valence-electron chi connectivity index (χ1n) is 10.4. The number of piperidine rings is 1. The van der Waals surface area contributed by atoms with Crippen LogP contribution in [-0.2, 0) is 16.0 Å². The topological polar surface area (TPSA) is 75.9 Å². The van der Waals surface area contributed by atoms with Gasteiger partial charge < -0.3 is 9.64 Å². The summed E-state index contributed by atoms with van der Waals surface area (Å²) in [4.78, 5) is 26.7. The molecule has 0 spiro atoms. The van der Waals surface area contributed by atoms with Crippen molar-refractivity contribution in [3.63, 3.8) is 0 Å². The Balaban J connectivity index is 1.44. The number of aromatic nitrogens is 4. The van der Waals surface area contributed by atoms with Gasteiger partial charge in [0.1, 0.15) is 0 Å². The summed E-state index contributed by atoms with van der Waals surface area (Å²) in [6.45, 7) is 10.4. The van der Waals surface area contributed by atoms with Crippen LogP contribution in [0.3, 0.4) is 0 Å². The van der Waals surface area contributed by atoms with Gasteiger partial charge in [0, 0.05) is 49.7 Å². The maximum Gasteiger partial charge on any atom is 0.253 e. The molecule has 2 aliphatic heterocycles. The van der Waals surface area contributed by atoms with Crippen LogP contribution in [-0.4, -0.2) is 87.5 Å². The van der Waals surface area contributed by atoms with E-state index in [0.717, 1.165) is 69.3 Å². The van der Waals surface area contributed by atoms with Gasteiger partial charge in [-0.3, -0.25) is 9.69 Å². The first kappa shape index (κ1) is 20.6. The van der Waals surface area contributed by atoms with Crippen LogP contribution >= 0.6 is 11.8 Å². The number of hydrogen-bond donors (Lipinski definition) is 0. The summed E-state index contributed by atoms with van der Waals surface area (Å²) in [6, 6.07) is 0. The predicted molar refractivity (Wildman–Crippen MR) is 112 cm³/mol. The fraction of sp³-hybridized carbons (Fsp3) is 0.700. The largest absolute Gasteiger partial charge is 0.379 e. The van der Waals surface area contributed by atoms with Crippen LogP contribution in [0.15, 0.2) is 5.16 Å². The Morgan fingerprint density at radius 1 is 1.21 bits per heavy atom. The molecule has 2 aliphatic rings. The monoisotopic (exact) mass is 418 g/mol. The van der Waals surface area contributed by atoms with Gasteiger partial charge in [0.2, 0.25) is 11.1 Å². The molecule has 0 aliphatic carbocycles. The molecule has 2 aromatic heterocycles. The van der Waals surface area contributed by atoms with Crippen LogP contribution in [0.2, 0.25) is 0 Å². The Bertz CT molecular complexity index is 879. The lowest BCUT2D eigenvalue weighted by atomic mass is 9.96. The predicted octanol–water partition coefficient (Wildman–Crippen LogP) is 1.58. The quantitative estimate of drug-likeness (QED) is 0.682. The van der Waals surface area contributed by atoms with E-state index in [1.165, 1.54) is 18.2 Å². The zero-order valence-corrected chi connectivity index (χ0v) is 18.4. The molecule has 2 fully saturated rings. The Labute approximate surface area is 176 Å². The fourth-order valence-electron chi connectivity index (χ4n) is 4.38. The molecule has 0 N–H and O–H groups in total. The molecule has 1 atom stereocenters. The van der Waals surface area contributed by atoms with E-state index in [9.17, 15) is 4.79 Å². The average Bonchev–Trinajstić information content (AvgIpc) is 3.15. The van der Waals surface area contributed by atoms with Crippen LogP contribution in [0, 0.1) is 19.8 Å². The lowest BCUT2D eigenvalue weighted by Crippen LogP contribution is -2.46. The summed E-state index contributed by atoms with van der Waals surface area (Å²) in [5, 5.41) is 5.19. The van der Waals surface area contributed by atoms with Crippen LogP contribution < -0.4 is 0 Å². The minimum Gasteiger partial charge on any atom is -0.379 e. The van der Waals surface area contributed by atoms with E-state index >= 15 is 0 Å². The maximum atomic E-state index is 13.1. The van der Waals surface area contributed by atoms with E-state index in [-0.39, 0.29) is 5.91 Å². The van der Waals surface area contributed by atoms with Crippen LogP contribution in [0.1, 0.15) is 29.8 Å². The number of morpholine rings is 1. The molecule has 29 heavy (non-hydrogen) atoms. The number of likely N-dealkylation sites (tertiary alicyclic amines) is 1. The van der Waals surface area contributed by atoms with Crippen molar-refractivity contribution in [1.82, 2.24) is 29.4 Å². The number of thioether (sulfide) groups is 1. The van der Waals surface area contributed by atoms with E-state index in [1.54, 1.807) is 4.52 Å². The molecule has 8 nitrogen and oxygen atoms in total. The van der Waals surface area contributed by atoms with E-state index in [2.05, 4.69) is 20.0 Å². The van der Waals surface area contributed by atoms with E-state index < -0.39 is 0 Å². The highest BCUT2D eigenvalue weighted by Crippen LogP contribution is 2.21. The molecular formula is C20H30N6O2S. The number of amides is 1. The third-order valence-electron chi connectivity index (χ3n) is 6.03. The molecule has 2 aromatic rings. The second-order valence-electron chi connectivity index (χ2n) is 8.01. The van der Waals surface area contributed by atoms with Crippen molar-refractivity contribution in [2.75, 3.05) is 52.2 Å². The number of aryl methyl sites for hydroxylation is 2. The lowest BCUT2D eigenvalue weighted by Gasteiger charge is -2.37. The summed E-state index contributed by atoms with van der Waals surface area (Å²) in [5.41, 5.74) is 2.79. The van der Waals surface area contributed by atoms with E-state index in [4.69, 9.17) is 4.74 Å². The standard InChI is InChI=1S/C20H30N6O2S/c1-14-17(15(2)26-19(21-14)22-20(23-26)29-3)11-18(27)25-6-4-5-16(13-25)12-24-7-9-28-10-8-24/h16H,4-13H2,1-3H3/t16-/m1/s1. The van der Waals surface area contributed by atoms with Gasteiger partial charge in [0.15, 0.2) is 0 Å². The maximum absolute atomic E-state index is 13.1. The molecule has 9 heteroatoms. The van der Waals surface area contributed by atoms with Gasteiger partial charge >= 0.3 is 0 Å². The van der Waals surface area contributed by atoms with Crippen molar-refractivity contribution in [3.05, 3.63) is 17.0 Å². The normalized spacial score (nSPS) is 21.1. The van der Waals surface area contributed by atoms with Crippen molar-refractivity contribution >= 4 is 23.4 Å². The van der Waals surface area contributed by atoms with Crippen molar-refractivity contribution in [2.45, 2.75) is 38.3 Å². The van der Waals surface area contributed by atoms with Gasteiger partial charge in [-0.15, -0.1) is 5.10 Å². The molecule has 0 saturated carbocycles. The molecule has 0 radical (unpaired) electrons. The first-order valence-corrected chi connectivity index (χ1v) is 11.6. The smallest absolute Gasteiger partial charge is 0.253 e. The molecule has 0 bridgehead atoms. The zero-order valence-electron chi connectivity index (χ0n) is 17.6. The average molecular weight is 419 g/mol. The summed E-state index contributed by atoms with van der Waals surface area (Å²) < 4.78 is 7.21. The number of fused-ring (bicyclic) bond motifs is 1. The van der Waals surface area contributed by atoms with Gasteiger partial charge in [-0.2, -0.15) is 4.98 Å². The molecule has 2 saturated heterocycles. The van der Waals surface area contributed by atoms with E-state index in [1.807, 2.05) is 25.0 Å². The highest BCUT2D eigenvalue weighted by Gasteiger charge is 2.27. The number of rotatable bonds is 5. The summed E-state index contributed by atoms with van der Waals surface area (Å²) in [5.74, 6) is 1.34. The van der Waals surface area contributed by atoms with Crippen LogP contribution in [0.4, 0.5) is 0 Å². The third-order valence-corrected chi connectivity index (χ3v) is 6.57. The molecule has 158 valence electrons. The Hall–Kier alpha value is -1.71. The third kappa shape index (κ3) is 4.57. The molecule has 1 amide bonds. The van der Waals surface area contributed by atoms with E-state index in [0.29, 0.717) is 23.3 Å². The van der Waals surface area contributed by atoms with Crippen molar-refractivity contribution in [1.29, 1.82) is 0 Å². The van der Waals surface area contributed by atoms with Crippen LogP contribution in [0.25, 0.3) is 5.78 Å². The number of ether oxygens (including phenoxy) is 1. The van der Waals surface area contributed by atoms with Crippen LogP contribution in [0.5, 0.6) is 0 Å². The number of carbonyl (C=O) groups is 1. The second kappa shape index (κ2) is 8.97. The SMILES string of the molecule is CSc1nc2nc(C)c(CC(=O)N3CCC[C@H](CN4CCOCC4)C3)c(C)n2n1. The first-order chi connectivity index (χ1) is 14.0. The van der Waals surface area contributed by atoms with Gasteiger partial charge in [0.05, 0.1) is 19.6 Å². The molecular weight excluding hydrogens is 388 g/mol. The minimum atomic E-state index is 0.189. The molecule has 4 heterocycles. The van der Waals surface area contributed by atoms with Gasteiger partial charge in [-0.25, -0.2) is 9.50 Å². The highest BCUT2D eigenvalue weighted by atomic mass is 32.2. The van der Waals surface area contributed by atoms with Crippen molar-refractivity contribution < 1.29 is 9.53 Å². The Morgan fingerprint density at radius 3 is 2.76 bits per heavy atom. The summed E-state index contributed by atoms with van der Waals surface area (Å²) >= 11 is 1.50. The van der Waals surface area contributed by atoms with Gasteiger partial charge in [0.25, 0.3) is 5.78 Å². The summed E-state index contributed by atoms with van der Waals surface area (Å²) in [6.07, 6.45) is 4.60. The fourth-order valence-corrected chi connectivity index (χ4v) is 4.72. The Morgan fingerprint density at radius 2 is 2.00 bits per heavy atom. The van der Waals surface area contributed by atoms with Crippen molar-refractivity contribution in [2.24, 2.45) is 5.92 Å². The molecule has 0 aromatic carbocycles. The number of carbonyl (C=O) groups excluding carboxylic acids is 1. The highest BCUT2D eigenvalue weighted by molar-refractivity contribution is 7.98. The lowest BCUT2D eigenvalue weighted by molar-refractivity contribution is -0.132. The molecule has 0 unspecified atom stereocenters. The second-order valence-corrected chi connectivity index (χ2v) is 8.78. The molecule has 4 rings (SSSR count). The van der Waals surface area contributed by atoms with Gasteiger partial charge in [-0.1, -0.05) is 11.8 Å². The minimum absolute atomic E-state index is 0.189. The van der Waals surface area contributed by atoms with Crippen molar-refractivity contribution in [3.8, 4) is 0 Å². The van der Waals surface area contributed by atoms with Gasteiger partial charge in [-0.05, 0) is 38.9 Å². The Kier molecular flexibility index (Phi) is 6.36. The number of hydrogen-bond acceptors (Lipinski definition) is 7. The summed E-state index contributed by atoms with van der Waals surface area (Å²) in [7, 11) is 0. The zero-order chi connectivity index (χ0) is 20.4.